The Hall–Kier alpha value is -1.92. The van der Waals surface area contributed by atoms with Crippen LogP contribution in [-0.2, 0) is 11.3 Å². The first-order valence-electron chi connectivity index (χ1n) is 6.42. The molecule has 0 radical (unpaired) electrons. The molecular formula is C15H16BrN3O2. The van der Waals surface area contributed by atoms with Crippen molar-refractivity contribution >= 4 is 27.5 Å². The van der Waals surface area contributed by atoms with Crippen molar-refractivity contribution in [1.29, 1.82) is 0 Å². The molecule has 1 aromatic carbocycles. The fraction of sp³-hybridized carbons (Fsp3) is 0.200. The molecule has 5 nitrogen and oxygen atoms in total. The molecule has 2 aromatic rings. The van der Waals surface area contributed by atoms with Crippen LogP contribution in [0.25, 0.3) is 0 Å². The third-order valence-electron chi connectivity index (χ3n) is 2.73. The summed E-state index contributed by atoms with van der Waals surface area (Å²) in [5.41, 5.74) is 1.76. The summed E-state index contributed by atoms with van der Waals surface area (Å²) < 4.78 is 5.92. The van der Waals surface area contributed by atoms with Crippen molar-refractivity contribution in [1.82, 2.24) is 10.3 Å². The minimum atomic E-state index is -0.0884. The molecule has 0 saturated carbocycles. The first-order valence-corrected chi connectivity index (χ1v) is 7.22. The highest BCUT2D eigenvalue weighted by Crippen LogP contribution is 2.15. The van der Waals surface area contributed by atoms with E-state index in [1.807, 2.05) is 30.3 Å². The molecule has 0 spiro atoms. The van der Waals surface area contributed by atoms with E-state index in [9.17, 15) is 4.79 Å². The molecule has 2 rings (SSSR count). The van der Waals surface area contributed by atoms with Gasteiger partial charge in [0.25, 0.3) is 0 Å². The van der Waals surface area contributed by atoms with Gasteiger partial charge in [0, 0.05) is 29.0 Å². The maximum Gasteiger partial charge on any atom is 0.238 e. The Morgan fingerprint density at radius 3 is 2.86 bits per heavy atom. The lowest BCUT2D eigenvalue weighted by atomic mass is 10.3. The highest BCUT2D eigenvalue weighted by molar-refractivity contribution is 9.10. The standard InChI is InChI=1S/C15H16BrN3O2/c1-21-15-6-5-11(9-18-15)8-17-10-14(20)19-13-4-2-3-12(16)7-13/h2-7,9,17H,8,10H2,1H3,(H,19,20). The lowest BCUT2D eigenvalue weighted by Gasteiger charge is -2.07. The largest absolute Gasteiger partial charge is 0.481 e. The fourth-order valence-electron chi connectivity index (χ4n) is 1.73. The predicted molar refractivity (Wildman–Crippen MR) is 85.3 cm³/mol. The number of benzene rings is 1. The number of methoxy groups -OCH3 is 1. The van der Waals surface area contributed by atoms with Gasteiger partial charge in [-0.25, -0.2) is 4.98 Å². The van der Waals surface area contributed by atoms with Crippen LogP contribution in [0.5, 0.6) is 5.88 Å². The van der Waals surface area contributed by atoms with Gasteiger partial charge in [-0.15, -0.1) is 0 Å². The second kappa shape index (κ2) is 7.75. The number of pyridine rings is 1. The molecule has 6 heteroatoms. The first-order chi connectivity index (χ1) is 10.2. The van der Waals surface area contributed by atoms with Crippen LogP contribution in [0.4, 0.5) is 5.69 Å². The van der Waals surface area contributed by atoms with Gasteiger partial charge in [-0.3, -0.25) is 4.79 Å². The normalized spacial score (nSPS) is 10.2. The predicted octanol–water partition coefficient (Wildman–Crippen LogP) is 2.58. The van der Waals surface area contributed by atoms with Gasteiger partial charge >= 0.3 is 0 Å². The van der Waals surface area contributed by atoms with E-state index >= 15 is 0 Å². The van der Waals surface area contributed by atoms with Crippen LogP contribution in [0.2, 0.25) is 0 Å². The summed E-state index contributed by atoms with van der Waals surface area (Å²) in [6, 6.07) is 11.2. The number of rotatable bonds is 6. The lowest BCUT2D eigenvalue weighted by Crippen LogP contribution is -2.27. The van der Waals surface area contributed by atoms with Crippen molar-refractivity contribution in [3.8, 4) is 5.88 Å². The number of nitrogens with zero attached hydrogens (tertiary/aromatic N) is 1. The molecule has 110 valence electrons. The zero-order valence-electron chi connectivity index (χ0n) is 11.6. The topological polar surface area (TPSA) is 63.2 Å². The van der Waals surface area contributed by atoms with Crippen LogP contribution < -0.4 is 15.4 Å². The smallest absolute Gasteiger partial charge is 0.238 e. The van der Waals surface area contributed by atoms with Crippen molar-refractivity contribution in [2.24, 2.45) is 0 Å². The van der Waals surface area contributed by atoms with Gasteiger partial charge in [-0.2, -0.15) is 0 Å². The number of ether oxygens (including phenoxy) is 1. The van der Waals surface area contributed by atoms with Gasteiger partial charge in [0.05, 0.1) is 13.7 Å². The molecule has 1 aromatic heterocycles. The van der Waals surface area contributed by atoms with Crippen molar-refractivity contribution in [3.63, 3.8) is 0 Å². The van der Waals surface area contributed by atoms with E-state index in [0.717, 1.165) is 15.7 Å². The van der Waals surface area contributed by atoms with Crippen LogP contribution in [0, 0.1) is 0 Å². The molecule has 1 heterocycles. The minimum absolute atomic E-state index is 0.0884. The average molecular weight is 350 g/mol. The second-order valence-electron chi connectivity index (χ2n) is 4.37. The molecule has 0 aliphatic carbocycles. The van der Waals surface area contributed by atoms with Crippen molar-refractivity contribution in [2.75, 3.05) is 19.0 Å². The number of anilines is 1. The number of aromatic nitrogens is 1. The number of carbonyl (C=O) groups is 1. The molecule has 0 unspecified atom stereocenters. The summed E-state index contributed by atoms with van der Waals surface area (Å²) in [4.78, 5) is 15.9. The number of hydrogen-bond acceptors (Lipinski definition) is 4. The Morgan fingerprint density at radius 1 is 1.33 bits per heavy atom. The summed E-state index contributed by atoms with van der Waals surface area (Å²) in [7, 11) is 1.58. The van der Waals surface area contributed by atoms with Crippen molar-refractivity contribution in [2.45, 2.75) is 6.54 Å². The van der Waals surface area contributed by atoms with Crippen LogP contribution in [0.15, 0.2) is 47.1 Å². The zero-order valence-corrected chi connectivity index (χ0v) is 13.2. The van der Waals surface area contributed by atoms with Crippen LogP contribution in [-0.4, -0.2) is 24.5 Å². The highest BCUT2D eigenvalue weighted by atomic mass is 79.9. The summed E-state index contributed by atoms with van der Waals surface area (Å²) in [6.07, 6.45) is 1.72. The van der Waals surface area contributed by atoms with Crippen LogP contribution in [0.1, 0.15) is 5.56 Å². The molecule has 0 fully saturated rings. The van der Waals surface area contributed by atoms with E-state index in [-0.39, 0.29) is 12.5 Å². The average Bonchev–Trinajstić information content (AvgIpc) is 2.48. The van der Waals surface area contributed by atoms with E-state index in [0.29, 0.717) is 12.4 Å². The Kier molecular flexibility index (Phi) is 5.71. The summed E-state index contributed by atoms with van der Waals surface area (Å²) in [6.45, 7) is 0.807. The second-order valence-corrected chi connectivity index (χ2v) is 5.29. The molecule has 0 bridgehead atoms. The third-order valence-corrected chi connectivity index (χ3v) is 3.22. The van der Waals surface area contributed by atoms with Gasteiger partial charge in [-0.1, -0.05) is 28.1 Å². The van der Waals surface area contributed by atoms with E-state index in [2.05, 4.69) is 31.5 Å². The van der Waals surface area contributed by atoms with Crippen molar-refractivity contribution in [3.05, 3.63) is 52.6 Å². The molecule has 21 heavy (non-hydrogen) atoms. The number of hydrogen-bond donors (Lipinski definition) is 2. The monoisotopic (exact) mass is 349 g/mol. The summed E-state index contributed by atoms with van der Waals surface area (Å²) >= 11 is 3.36. The van der Waals surface area contributed by atoms with Gasteiger partial charge in [-0.05, 0) is 23.8 Å². The molecule has 0 aliphatic rings. The molecule has 1 amide bonds. The summed E-state index contributed by atoms with van der Waals surface area (Å²) in [5, 5.41) is 5.89. The number of carbonyl (C=O) groups excluding carboxylic acids is 1. The van der Waals surface area contributed by atoms with Crippen LogP contribution >= 0.6 is 15.9 Å². The van der Waals surface area contributed by atoms with Gasteiger partial charge in [0.1, 0.15) is 0 Å². The van der Waals surface area contributed by atoms with Gasteiger partial charge in [0.2, 0.25) is 11.8 Å². The Bertz CT molecular complexity index is 602. The van der Waals surface area contributed by atoms with E-state index < -0.39 is 0 Å². The molecule has 2 N–H and O–H groups in total. The Labute approximate surface area is 131 Å². The fourth-order valence-corrected chi connectivity index (χ4v) is 2.13. The maximum absolute atomic E-state index is 11.8. The van der Waals surface area contributed by atoms with Gasteiger partial charge in [0.15, 0.2) is 0 Å². The highest BCUT2D eigenvalue weighted by Gasteiger charge is 2.02. The Morgan fingerprint density at radius 2 is 2.19 bits per heavy atom. The molecule has 0 atom stereocenters. The maximum atomic E-state index is 11.8. The van der Waals surface area contributed by atoms with Crippen LogP contribution in [0.3, 0.4) is 0 Å². The first kappa shape index (κ1) is 15.5. The van der Waals surface area contributed by atoms with E-state index in [1.54, 1.807) is 19.4 Å². The minimum Gasteiger partial charge on any atom is -0.481 e. The SMILES string of the molecule is COc1ccc(CNCC(=O)Nc2cccc(Br)c2)cn1. The number of amides is 1. The summed E-state index contributed by atoms with van der Waals surface area (Å²) in [5.74, 6) is 0.487. The van der Waals surface area contributed by atoms with E-state index in [1.165, 1.54) is 0 Å². The van der Waals surface area contributed by atoms with E-state index in [4.69, 9.17) is 4.74 Å². The lowest BCUT2D eigenvalue weighted by molar-refractivity contribution is -0.115. The molecule has 0 aliphatic heterocycles. The Balaban J connectivity index is 1.76. The third kappa shape index (κ3) is 5.17. The van der Waals surface area contributed by atoms with Gasteiger partial charge < -0.3 is 15.4 Å². The zero-order chi connectivity index (χ0) is 15.1. The van der Waals surface area contributed by atoms with Crippen molar-refractivity contribution < 1.29 is 9.53 Å². The molecular weight excluding hydrogens is 334 g/mol. The quantitative estimate of drug-likeness (QED) is 0.841. The number of halogens is 1. The molecule has 0 saturated heterocycles. The number of nitrogens with one attached hydrogen (secondary N) is 2.